The van der Waals surface area contributed by atoms with Crippen LogP contribution in [0.5, 0.6) is 5.75 Å². The highest BCUT2D eigenvalue weighted by atomic mass is 16.5. The first-order valence-corrected chi connectivity index (χ1v) is 18.3. The zero-order valence-electron chi connectivity index (χ0n) is 30.7. The lowest BCUT2D eigenvalue weighted by atomic mass is 9.83. The van der Waals surface area contributed by atoms with Gasteiger partial charge in [0.25, 0.3) is 0 Å². The van der Waals surface area contributed by atoms with Gasteiger partial charge in [-0.3, -0.25) is 9.59 Å². The van der Waals surface area contributed by atoms with E-state index in [1.54, 1.807) is 26.0 Å². The molecule has 2 aromatic rings. The van der Waals surface area contributed by atoms with Crippen LogP contribution in [-0.4, -0.2) is 90.7 Å². The van der Waals surface area contributed by atoms with Gasteiger partial charge in [-0.05, 0) is 97.9 Å². The molecule has 52 heavy (non-hydrogen) atoms. The van der Waals surface area contributed by atoms with E-state index in [-0.39, 0.29) is 49.7 Å². The number of hydrogen-bond acceptors (Lipinski definition) is 10. The van der Waals surface area contributed by atoms with Crippen LogP contribution in [0.4, 0.5) is 4.79 Å². The first kappa shape index (κ1) is 37.5. The van der Waals surface area contributed by atoms with E-state index in [0.717, 1.165) is 53.5 Å². The van der Waals surface area contributed by atoms with Crippen LogP contribution >= 0.6 is 0 Å². The Bertz CT molecular complexity index is 1730. The normalized spacial score (nSPS) is 26.8. The molecular formula is C40H51N3O9. The van der Waals surface area contributed by atoms with Crippen LogP contribution in [0, 0.1) is 11.8 Å². The van der Waals surface area contributed by atoms with Crippen molar-refractivity contribution in [1.82, 2.24) is 15.5 Å². The number of amides is 2. The van der Waals surface area contributed by atoms with Crippen molar-refractivity contribution in [3.8, 4) is 16.9 Å². The topological polar surface area (TPSA) is 153 Å². The zero-order chi connectivity index (χ0) is 37.3. The van der Waals surface area contributed by atoms with Crippen molar-refractivity contribution in [2.24, 2.45) is 11.8 Å². The highest BCUT2D eigenvalue weighted by molar-refractivity contribution is 5.98. The lowest BCUT2D eigenvalue weighted by Crippen LogP contribution is -2.60. The number of nitrogens with zero attached hydrogens (tertiary/aromatic N) is 1. The average molecular weight is 718 g/mol. The van der Waals surface area contributed by atoms with Gasteiger partial charge in [-0.25, -0.2) is 4.79 Å². The summed E-state index contributed by atoms with van der Waals surface area (Å²) in [6, 6.07) is 8.39. The molecule has 0 saturated carbocycles. The number of benzene rings is 2. The summed E-state index contributed by atoms with van der Waals surface area (Å²) >= 11 is 0. The number of aryl methyl sites for hydroxylation is 1. The van der Waals surface area contributed by atoms with Gasteiger partial charge in [-0.2, -0.15) is 0 Å². The Labute approximate surface area is 305 Å². The number of hydrogen-bond donors (Lipinski definition) is 3. The third-order valence-electron chi connectivity index (χ3n) is 11.1. The maximum Gasteiger partial charge on any atom is 0.407 e. The van der Waals surface area contributed by atoms with Crippen LogP contribution in [0.3, 0.4) is 0 Å². The fourth-order valence-electron chi connectivity index (χ4n) is 8.11. The predicted molar refractivity (Wildman–Crippen MR) is 193 cm³/mol. The highest BCUT2D eigenvalue weighted by Crippen LogP contribution is 2.44. The quantitative estimate of drug-likeness (QED) is 0.161. The number of nitrogens with one attached hydrogen (secondary N) is 2. The molecule has 280 valence electrons. The summed E-state index contributed by atoms with van der Waals surface area (Å²) in [5.41, 5.74) is 3.73. The van der Waals surface area contributed by atoms with Crippen molar-refractivity contribution < 1.29 is 43.2 Å². The second-order valence-electron chi connectivity index (χ2n) is 15.2. The molecular weight excluding hydrogens is 666 g/mol. The number of carbonyl (C=O) groups is 4. The predicted octanol–water partition coefficient (Wildman–Crippen LogP) is 4.65. The van der Waals surface area contributed by atoms with Crippen LogP contribution in [-0.2, 0) is 36.8 Å². The Morgan fingerprint density at radius 1 is 1.15 bits per heavy atom. The third-order valence-corrected chi connectivity index (χ3v) is 11.1. The van der Waals surface area contributed by atoms with E-state index in [2.05, 4.69) is 30.2 Å². The van der Waals surface area contributed by atoms with Crippen molar-refractivity contribution >= 4 is 24.1 Å². The molecule has 3 N–H and O–H groups in total. The first-order chi connectivity index (χ1) is 24.8. The first-order valence-electron chi connectivity index (χ1n) is 18.3. The highest BCUT2D eigenvalue weighted by Gasteiger charge is 2.50. The van der Waals surface area contributed by atoms with Gasteiger partial charge in [0.1, 0.15) is 54.8 Å². The van der Waals surface area contributed by atoms with Gasteiger partial charge in [0, 0.05) is 17.2 Å². The van der Waals surface area contributed by atoms with E-state index in [1.807, 2.05) is 19.1 Å². The molecule has 7 atom stereocenters. The average Bonchev–Trinajstić information content (AvgIpc) is 3.72. The van der Waals surface area contributed by atoms with Gasteiger partial charge in [0.05, 0.1) is 19.8 Å². The van der Waals surface area contributed by atoms with E-state index >= 15 is 0 Å². The Balaban J connectivity index is 1.11. The lowest BCUT2D eigenvalue weighted by molar-refractivity contribution is -0.147. The smallest absolute Gasteiger partial charge is 0.407 e. The van der Waals surface area contributed by atoms with Gasteiger partial charge in [0.15, 0.2) is 5.78 Å². The maximum absolute atomic E-state index is 13.7. The third kappa shape index (κ3) is 7.33. The number of fused-ring (bicyclic) bond motifs is 4. The molecule has 2 aromatic carbocycles. The lowest BCUT2D eigenvalue weighted by Gasteiger charge is -2.39. The number of methoxy groups -OCH3 is 1. The fraction of sp³-hybridized carbons (Fsp3) is 0.550. The summed E-state index contributed by atoms with van der Waals surface area (Å²) in [5, 5.41) is 17.4. The Morgan fingerprint density at radius 2 is 1.94 bits per heavy atom. The fourth-order valence-corrected chi connectivity index (χ4v) is 8.11. The summed E-state index contributed by atoms with van der Waals surface area (Å²) in [4.78, 5) is 53.1. The summed E-state index contributed by atoms with van der Waals surface area (Å²) in [6.45, 7) is 12.5. The number of ether oxygens (including phenoxy) is 4. The van der Waals surface area contributed by atoms with Crippen molar-refractivity contribution in [2.45, 2.75) is 102 Å². The minimum Gasteiger partial charge on any atom is -0.491 e. The van der Waals surface area contributed by atoms with E-state index in [9.17, 15) is 24.3 Å². The number of likely N-dealkylation sites (tertiary alicyclic amines) is 1. The molecule has 0 bridgehead atoms. The summed E-state index contributed by atoms with van der Waals surface area (Å²) in [5.74, 6) is 0.978. The van der Waals surface area contributed by atoms with Crippen molar-refractivity contribution in [3.63, 3.8) is 0 Å². The molecule has 2 amide bonds. The van der Waals surface area contributed by atoms with Crippen LogP contribution in [0.15, 0.2) is 42.7 Å². The molecule has 2 saturated heterocycles. The maximum atomic E-state index is 13.7. The van der Waals surface area contributed by atoms with Crippen molar-refractivity contribution in [3.05, 3.63) is 64.9 Å². The van der Waals surface area contributed by atoms with Crippen molar-refractivity contribution in [1.29, 1.82) is 0 Å². The van der Waals surface area contributed by atoms with Crippen molar-refractivity contribution in [2.75, 3.05) is 26.9 Å². The SMILES string of the molecule is C=C(OC1CCc2cc3c(cc2C1O)OCc1cc(C(=O)COC[C@]2(C=O)CC[C@H](C)N2C(=O)[C@@H](NC(=O)OC)C(C)C)ccc1-3)[C@@H]1C[C@H](C)CN1. The van der Waals surface area contributed by atoms with Gasteiger partial charge in [-0.15, -0.1) is 0 Å². The Hall–Kier alpha value is -4.26. The number of aliphatic hydroxyl groups excluding tert-OH is 1. The number of aliphatic hydroxyl groups is 1. The second kappa shape index (κ2) is 15.4. The minimum atomic E-state index is -1.27. The zero-order valence-corrected chi connectivity index (χ0v) is 30.7. The van der Waals surface area contributed by atoms with E-state index in [1.165, 1.54) is 12.0 Å². The van der Waals surface area contributed by atoms with E-state index in [4.69, 9.17) is 18.9 Å². The molecule has 12 heteroatoms. The molecule has 1 aliphatic carbocycles. The van der Waals surface area contributed by atoms with Crippen LogP contribution in [0.2, 0.25) is 0 Å². The number of carbonyl (C=O) groups excluding carboxylic acids is 4. The summed E-state index contributed by atoms with van der Waals surface area (Å²) < 4.78 is 23.0. The monoisotopic (exact) mass is 717 g/mol. The second-order valence-corrected chi connectivity index (χ2v) is 15.2. The number of Topliss-reactive ketones (excluding diaryl/α,β-unsaturated/α-hetero) is 1. The standard InChI is InChI=1S/C40H51N3O9/c1-22(2)36(42-39(48)49-6)38(47)43-24(4)11-12-40(43,20-44)21-50-19-33(45)27-7-9-29-28(14-27)18-51-35-16-30-26(15-31(29)35)8-10-34(37(30)46)52-25(5)32-13-23(3)17-41-32/h7,9,14-16,20,22-24,32,34,36-37,41,46H,5,8,10-13,17-19,21H2,1-4,6H3,(H,42,48)/t23-,24-,32-,34?,36-,37?,40+/m0/s1. The Kier molecular flexibility index (Phi) is 11.1. The minimum absolute atomic E-state index is 0.0984. The largest absolute Gasteiger partial charge is 0.491 e. The van der Waals surface area contributed by atoms with Gasteiger partial charge < -0.3 is 44.4 Å². The molecule has 4 aliphatic rings. The van der Waals surface area contributed by atoms with E-state index < -0.39 is 29.7 Å². The molecule has 0 aromatic heterocycles. The molecule has 2 fully saturated rings. The number of alkyl carbamates (subject to hydrolysis) is 1. The van der Waals surface area contributed by atoms with Crippen LogP contribution in [0.1, 0.15) is 86.5 Å². The summed E-state index contributed by atoms with van der Waals surface area (Å²) in [7, 11) is 1.22. The Morgan fingerprint density at radius 3 is 2.63 bits per heavy atom. The van der Waals surface area contributed by atoms with Gasteiger partial charge in [-0.1, -0.05) is 39.5 Å². The van der Waals surface area contributed by atoms with Gasteiger partial charge in [0.2, 0.25) is 5.91 Å². The molecule has 3 heterocycles. The van der Waals surface area contributed by atoms with Crippen LogP contribution < -0.4 is 15.4 Å². The number of aldehydes is 1. The molecule has 12 nitrogen and oxygen atoms in total. The molecule has 0 radical (unpaired) electrons. The van der Waals surface area contributed by atoms with Crippen LogP contribution in [0.25, 0.3) is 11.1 Å². The molecule has 0 spiro atoms. The molecule has 2 unspecified atom stereocenters. The van der Waals surface area contributed by atoms with Gasteiger partial charge >= 0.3 is 6.09 Å². The van der Waals surface area contributed by atoms with E-state index in [0.29, 0.717) is 42.3 Å². The molecule has 3 aliphatic heterocycles. The number of rotatable bonds is 12. The number of ketones is 1. The molecule has 6 rings (SSSR count). The summed E-state index contributed by atoms with van der Waals surface area (Å²) in [6.07, 6.45) is 2.11.